The summed E-state index contributed by atoms with van der Waals surface area (Å²) in [4.78, 5) is 30.9. The van der Waals surface area contributed by atoms with E-state index >= 15 is 0 Å². The molecule has 3 aromatic carbocycles. The van der Waals surface area contributed by atoms with Crippen molar-refractivity contribution in [1.29, 1.82) is 0 Å². The van der Waals surface area contributed by atoms with E-state index in [1.54, 1.807) is 30.0 Å². The fourth-order valence-corrected chi connectivity index (χ4v) is 14.1. The van der Waals surface area contributed by atoms with E-state index in [2.05, 4.69) is 61.5 Å². The minimum Gasteiger partial charge on any atom is -0.497 e. The predicted octanol–water partition coefficient (Wildman–Crippen LogP) is 7.19. The van der Waals surface area contributed by atoms with Crippen LogP contribution in [0.2, 0.25) is 16.6 Å². The minimum atomic E-state index is -2.61. The number of rotatable bonds is 16. The molecule has 0 radical (unpaired) electrons. The Balaban J connectivity index is 1.50. The first kappa shape index (κ1) is 41.8. The molecule has 2 aromatic heterocycles. The molecule has 1 aliphatic rings. The molecule has 0 bridgehead atoms. The third-order valence-corrected chi connectivity index (χ3v) is 17.2. The number of aliphatic imine (C=N–C) groups is 1. The van der Waals surface area contributed by atoms with Gasteiger partial charge < -0.3 is 33.4 Å². The van der Waals surface area contributed by atoms with E-state index in [0.717, 1.165) is 16.7 Å². The van der Waals surface area contributed by atoms with Gasteiger partial charge in [-0.1, -0.05) is 96.1 Å². The van der Waals surface area contributed by atoms with Crippen LogP contribution in [0.1, 0.15) is 64.5 Å². The number of ether oxygens (including phenoxy) is 4. The van der Waals surface area contributed by atoms with Crippen molar-refractivity contribution in [1.82, 2.24) is 24.4 Å². The highest BCUT2D eigenvalue weighted by Crippen LogP contribution is 2.47. The van der Waals surface area contributed by atoms with Crippen LogP contribution in [-0.2, 0) is 19.5 Å². The van der Waals surface area contributed by atoms with Gasteiger partial charge in [0.1, 0.15) is 35.4 Å². The number of aliphatic hydroxyl groups excluding tert-OH is 1. The van der Waals surface area contributed by atoms with Gasteiger partial charge in [-0.3, -0.25) is 14.3 Å². The lowest BCUT2D eigenvalue weighted by atomic mass is 9.80. The van der Waals surface area contributed by atoms with Crippen molar-refractivity contribution >= 4 is 31.8 Å². The third-order valence-electron chi connectivity index (χ3n) is 11.1. The standard InChI is InChI=1S/C43H56N6O7Si/c1-27(2)57(28(3)4,29(5)6)56-38-35(55-41(37(38)50)49-26-44-36-39(49)46-42(47-40(36)51)45-25-48(7)8)24-54-43(30-14-12-11-13-15-30,31-16-20-33(52-9)21-17-31)32-18-22-34(53-10)23-19-32/h11-23,25-29,35,37-38,41,50H,24H2,1-10H3,(H,46,47,51)/b45-25+/t35-,37-,38-,41-/m1/s1. The molecule has 2 N–H and O–H groups in total. The summed E-state index contributed by atoms with van der Waals surface area (Å²) in [7, 11) is 4.30. The number of imidazole rings is 1. The van der Waals surface area contributed by atoms with E-state index in [1.807, 2.05) is 93.0 Å². The highest BCUT2D eigenvalue weighted by atomic mass is 28.4. The number of aromatic nitrogens is 4. The van der Waals surface area contributed by atoms with Crippen molar-refractivity contribution < 1.29 is 28.5 Å². The Morgan fingerprint density at radius 2 is 1.44 bits per heavy atom. The number of nitrogens with one attached hydrogen (secondary N) is 1. The zero-order valence-electron chi connectivity index (χ0n) is 34.5. The molecule has 14 heteroatoms. The molecule has 0 saturated carbocycles. The first-order chi connectivity index (χ1) is 27.3. The van der Waals surface area contributed by atoms with Gasteiger partial charge in [-0.25, -0.2) is 9.98 Å². The monoisotopic (exact) mass is 796 g/mol. The summed E-state index contributed by atoms with van der Waals surface area (Å²) < 4.78 is 34.3. The number of methoxy groups -OCH3 is 2. The number of aliphatic hydroxyl groups is 1. The number of hydrogen-bond acceptors (Lipinski definition) is 10. The smallest absolute Gasteiger partial charge is 0.280 e. The van der Waals surface area contributed by atoms with Gasteiger partial charge >= 0.3 is 0 Å². The van der Waals surface area contributed by atoms with Crippen molar-refractivity contribution in [2.24, 2.45) is 4.99 Å². The van der Waals surface area contributed by atoms with Gasteiger partial charge in [0.2, 0.25) is 14.3 Å². The second-order valence-electron chi connectivity index (χ2n) is 15.7. The highest BCUT2D eigenvalue weighted by Gasteiger charge is 2.54. The maximum atomic E-state index is 13.2. The van der Waals surface area contributed by atoms with E-state index < -0.39 is 44.0 Å². The first-order valence-corrected chi connectivity index (χ1v) is 21.6. The van der Waals surface area contributed by atoms with Gasteiger partial charge in [0.25, 0.3) is 5.56 Å². The molecule has 6 rings (SSSR count). The lowest BCUT2D eigenvalue weighted by Gasteiger charge is -2.45. The van der Waals surface area contributed by atoms with Crippen LogP contribution in [-0.4, -0.2) is 97.4 Å². The van der Waals surface area contributed by atoms with Crippen molar-refractivity contribution in [2.75, 3.05) is 34.9 Å². The number of nitrogens with zero attached hydrogens (tertiary/aromatic N) is 5. The Hall–Kier alpha value is -4.86. The number of hydrogen-bond donors (Lipinski definition) is 2. The Kier molecular flexibility index (Phi) is 12.7. The summed E-state index contributed by atoms with van der Waals surface area (Å²) in [6.07, 6.45) is -0.747. The maximum Gasteiger partial charge on any atom is 0.280 e. The molecule has 1 saturated heterocycles. The van der Waals surface area contributed by atoms with E-state index in [-0.39, 0.29) is 40.3 Å². The SMILES string of the molecule is COc1ccc(C(OC[C@H]2O[C@@H](n3cnc4c(=O)[nH]c(/N=C/N(C)C)nc43)[C@H](O)[C@@H]2O[Si](C(C)C)(C(C)C)C(C)C)(c2ccccc2)c2ccc(OC)cc2)cc1. The van der Waals surface area contributed by atoms with Crippen LogP contribution >= 0.6 is 0 Å². The summed E-state index contributed by atoms with van der Waals surface area (Å²) in [6.45, 7) is 13.3. The van der Waals surface area contributed by atoms with Crippen molar-refractivity contribution in [3.63, 3.8) is 0 Å². The fourth-order valence-electron chi connectivity index (χ4n) is 8.49. The molecule has 1 fully saturated rings. The van der Waals surface area contributed by atoms with E-state index in [9.17, 15) is 9.90 Å². The molecule has 5 aromatic rings. The lowest BCUT2D eigenvalue weighted by molar-refractivity contribution is -0.0932. The Bertz CT molecular complexity index is 2100. The summed E-state index contributed by atoms with van der Waals surface area (Å²) in [6, 6.07) is 25.7. The maximum absolute atomic E-state index is 13.2. The number of benzene rings is 3. The Morgan fingerprint density at radius 1 is 0.895 bits per heavy atom. The fraction of sp³-hybridized carbons (Fsp3) is 0.442. The van der Waals surface area contributed by atoms with Gasteiger partial charge in [-0.05, 0) is 57.6 Å². The van der Waals surface area contributed by atoms with Gasteiger partial charge in [-0.2, -0.15) is 4.98 Å². The minimum absolute atomic E-state index is 0.0168. The van der Waals surface area contributed by atoms with Gasteiger partial charge in [0, 0.05) is 14.1 Å². The van der Waals surface area contributed by atoms with Gasteiger partial charge in [0.15, 0.2) is 17.4 Å². The average molecular weight is 797 g/mol. The van der Waals surface area contributed by atoms with Gasteiger partial charge in [-0.15, -0.1) is 0 Å². The predicted molar refractivity (Wildman–Crippen MR) is 224 cm³/mol. The summed E-state index contributed by atoms with van der Waals surface area (Å²) >= 11 is 0. The average Bonchev–Trinajstić information content (AvgIpc) is 3.76. The van der Waals surface area contributed by atoms with E-state index in [1.165, 1.54) is 6.33 Å². The Labute approximate surface area is 335 Å². The van der Waals surface area contributed by atoms with Crippen LogP contribution in [0.4, 0.5) is 5.95 Å². The molecular weight excluding hydrogens is 741 g/mol. The molecule has 0 aliphatic carbocycles. The van der Waals surface area contributed by atoms with Crippen LogP contribution in [0.5, 0.6) is 11.5 Å². The molecular formula is C43H56N6O7Si. The number of fused-ring (bicyclic) bond motifs is 1. The number of aromatic amines is 1. The molecule has 0 spiro atoms. The van der Waals surface area contributed by atoms with Crippen LogP contribution in [0.3, 0.4) is 0 Å². The van der Waals surface area contributed by atoms with Crippen LogP contribution in [0, 0.1) is 0 Å². The molecule has 3 heterocycles. The third kappa shape index (κ3) is 8.01. The molecule has 0 amide bonds. The first-order valence-electron chi connectivity index (χ1n) is 19.4. The summed E-state index contributed by atoms with van der Waals surface area (Å²) in [5.41, 5.74) is 1.99. The molecule has 1 aliphatic heterocycles. The molecule has 13 nitrogen and oxygen atoms in total. The van der Waals surface area contributed by atoms with Gasteiger partial charge in [0.05, 0.1) is 33.5 Å². The van der Waals surface area contributed by atoms with Crippen molar-refractivity contribution in [2.45, 2.75) is 88.3 Å². The zero-order chi connectivity index (χ0) is 41.1. The number of H-pyrrole nitrogens is 1. The zero-order valence-corrected chi connectivity index (χ0v) is 35.5. The topological polar surface area (TPSA) is 146 Å². The second kappa shape index (κ2) is 17.3. The Morgan fingerprint density at radius 3 is 1.95 bits per heavy atom. The van der Waals surface area contributed by atoms with Crippen LogP contribution in [0.25, 0.3) is 11.2 Å². The lowest BCUT2D eigenvalue weighted by Crippen LogP contribution is -2.54. The van der Waals surface area contributed by atoms with Crippen molar-refractivity contribution in [3.05, 3.63) is 112 Å². The highest BCUT2D eigenvalue weighted by molar-refractivity contribution is 6.77. The second-order valence-corrected chi connectivity index (χ2v) is 21.1. The molecule has 4 atom stereocenters. The largest absolute Gasteiger partial charge is 0.497 e. The van der Waals surface area contributed by atoms with E-state index in [0.29, 0.717) is 11.5 Å². The van der Waals surface area contributed by atoms with Crippen LogP contribution < -0.4 is 15.0 Å². The molecule has 304 valence electrons. The van der Waals surface area contributed by atoms with Crippen molar-refractivity contribution in [3.8, 4) is 11.5 Å². The van der Waals surface area contributed by atoms with Crippen LogP contribution in [0.15, 0.2) is 95.0 Å². The quantitative estimate of drug-likeness (QED) is 0.0456. The molecule has 0 unspecified atom stereocenters. The summed E-state index contributed by atoms with van der Waals surface area (Å²) in [5.74, 6) is 1.52. The normalized spacial score (nSPS) is 19.1. The summed E-state index contributed by atoms with van der Waals surface area (Å²) in [5, 5.41) is 12.5. The van der Waals surface area contributed by atoms with E-state index in [4.69, 9.17) is 23.4 Å². The molecule has 57 heavy (non-hydrogen) atoms.